The van der Waals surface area contributed by atoms with Crippen LogP contribution in [0.25, 0.3) is 0 Å². The third-order valence-electron chi connectivity index (χ3n) is 0. The van der Waals surface area contributed by atoms with E-state index in [1.165, 1.54) is 0 Å². The minimum absolute atomic E-state index is 0. The summed E-state index contributed by atoms with van der Waals surface area (Å²) in [4.78, 5) is 8.00. The summed E-state index contributed by atoms with van der Waals surface area (Å²) in [5.41, 5.74) is 0. The molecule has 0 aliphatic carbocycles. The van der Waals surface area contributed by atoms with Crippen LogP contribution in [-0.4, -0.2) is 15.9 Å². The molecule has 0 heterocycles. The Labute approximate surface area is 62.4 Å². The van der Waals surface area contributed by atoms with Crippen LogP contribution in [0.3, 0.4) is 0 Å². The molecule has 32 valence electrons. The van der Waals surface area contributed by atoms with Crippen LogP contribution in [0.1, 0.15) is 0 Å². The third kappa shape index (κ3) is 86.8. The van der Waals surface area contributed by atoms with Gasteiger partial charge in [0.1, 0.15) is 6.79 Å². The molecule has 5 heteroatoms. The zero-order chi connectivity index (χ0) is 4.71. The molecule has 0 amide bonds. The Bertz CT molecular complexity index is 14.8. The molecule has 6 heavy (non-hydrogen) atoms. The standard InChI is InChI=1S/CH2O.Na.H2O2S/c1-2;;1-3-2/h1H2;;1-2H/q;+1;/p-1. The molecular formula is CH3NaO3S. The van der Waals surface area contributed by atoms with Gasteiger partial charge in [-0.25, -0.2) is 0 Å². The van der Waals surface area contributed by atoms with E-state index < -0.39 is 12.3 Å². The van der Waals surface area contributed by atoms with Gasteiger partial charge >= 0.3 is 29.6 Å². The Balaban J connectivity index is -0.0000000275. The molecule has 0 aromatic heterocycles. The number of hydrogen-bond donors (Lipinski definition) is 1. The maximum atomic E-state index is 8.40. The van der Waals surface area contributed by atoms with Crippen LogP contribution in [0.15, 0.2) is 0 Å². The van der Waals surface area contributed by atoms with E-state index in [0.717, 1.165) is 0 Å². The SMILES string of the molecule is C=O.[Na+].[O-]SO. The van der Waals surface area contributed by atoms with Crippen molar-refractivity contribution in [1.29, 1.82) is 0 Å². The topological polar surface area (TPSA) is 60.4 Å². The molecule has 0 bridgehead atoms. The molecule has 1 N–H and O–H groups in total. The molecule has 0 aliphatic rings. The average Bonchev–Trinajstić information content (AvgIpc) is 1.46. The van der Waals surface area contributed by atoms with Crippen molar-refractivity contribution < 1.29 is 43.5 Å². The summed E-state index contributed by atoms with van der Waals surface area (Å²) in [6, 6.07) is 0. The predicted octanol–water partition coefficient (Wildman–Crippen LogP) is -2.86. The van der Waals surface area contributed by atoms with Gasteiger partial charge in [0.2, 0.25) is 0 Å². The Morgan fingerprint density at radius 2 is 1.67 bits per heavy atom. The van der Waals surface area contributed by atoms with E-state index >= 15 is 0 Å². The Morgan fingerprint density at radius 1 is 1.67 bits per heavy atom. The first-order chi connectivity index (χ1) is 2.41. The van der Waals surface area contributed by atoms with Crippen LogP contribution in [0.5, 0.6) is 0 Å². The van der Waals surface area contributed by atoms with Crippen molar-refractivity contribution in [3.05, 3.63) is 0 Å². The van der Waals surface area contributed by atoms with Crippen molar-refractivity contribution in [2.75, 3.05) is 0 Å². The minimum Gasteiger partial charge on any atom is -0.776 e. The van der Waals surface area contributed by atoms with Gasteiger partial charge < -0.3 is 13.9 Å². The summed E-state index contributed by atoms with van der Waals surface area (Å²) in [6.45, 7) is 2.00. The largest absolute Gasteiger partial charge is 1.00 e. The molecule has 0 aromatic rings. The van der Waals surface area contributed by atoms with Gasteiger partial charge in [-0.15, -0.1) is 12.3 Å². The van der Waals surface area contributed by atoms with E-state index in [0.29, 0.717) is 0 Å². The average molecular weight is 118 g/mol. The summed E-state index contributed by atoms with van der Waals surface area (Å²) in [5.74, 6) is 0. The molecule has 0 saturated heterocycles. The Morgan fingerprint density at radius 3 is 1.67 bits per heavy atom. The van der Waals surface area contributed by atoms with Crippen molar-refractivity contribution in [3.8, 4) is 0 Å². The Hall–Kier alpha value is 0.940. The fraction of sp³-hybridized carbons (Fsp3) is 0. The van der Waals surface area contributed by atoms with Crippen LogP contribution < -0.4 is 29.6 Å². The van der Waals surface area contributed by atoms with Gasteiger partial charge in [0.15, 0.2) is 0 Å². The zero-order valence-corrected chi connectivity index (χ0v) is 6.20. The second-order valence-corrected chi connectivity index (χ2v) is 0.224. The molecule has 0 aliphatic heterocycles. The van der Waals surface area contributed by atoms with E-state index in [1.807, 2.05) is 6.79 Å². The first kappa shape index (κ1) is 15.8. The van der Waals surface area contributed by atoms with Crippen LogP contribution in [0.4, 0.5) is 0 Å². The number of rotatable bonds is 0. The van der Waals surface area contributed by atoms with Crippen molar-refractivity contribution in [2.45, 2.75) is 0 Å². The molecule has 0 unspecified atom stereocenters. The fourth-order valence-corrected chi connectivity index (χ4v) is 0. The van der Waals surface area contributed by atoms with Crippen LogP contribution in [0, 0.1) is 0 Å². The first-order valence-electron chi connectivity index (χ1n) is 0.638. The molecule has 3 nitrogen and oxygen atoms in total. The van der Waals surface area contributed by atoms with E-state index in [2.05, 4.69) is 0 Å². The van der Waals surface area contributed by atoms with Crippen molar-refractivity contribution in [3.63, 3.8) is 0 Å². The fourth-order valence-electron chi connectivity index (χ4n) is 0. The third-order valence-corrected chi connectivity index (χ3v) is 0. The first-order valence-corrected chi connectivity index (χ1v) is 1.34. The van der Waals surface area contributed by atoms with Gasteiger partial charge in [-0.2, -0.15) is 0 Å². The van der Waals surface area contributed by atoms with Crippen molar-refractivity contribution >= 4 is 19.1 Å². The van der Waals surface area contributed by atoms with E-state index in [1.54, 1.807) is 0 Å². The molecule has 0 rings (SSSR count). The van der Waals surface area contributed by atoms with Gasteiger partial charge in [-0.1, -0.05) is 0 Å². The zero-order valence-electron chi connectivity index (χ0n) is 3.38. The van der Waals surface area contributed by atoms with Crippen molar-refractivity contribution in [1.82, 2.24) is 0 Å². The van der Waals surface area contributed by atoms with Crippen LogP contribution in [0.2, 0.25) is 0 Å². The van der Waals surface area contributed by atoms with Gasteiger partial charge in [-0.3, -0.25) is 0 Å². The van der Waals surface area contributed by atoms with Crippen LogP contribution in [-0.2, 0) is 4.79 Å². The van der Waals surface area contributed by atoms with Gasteiger partial charge in [0.25, 0.3) is 0 Å². The van der Waals surface area contributed by atoms with E-state index in [-0.39, 0.29) is 29.6 Å². The number of carbonyl (C=O) groups is 1. The maximum Gasteiger partial charge on any atom is 1.00 e. The molecule has 0 radical (unpaired) electrons. The van der Waals surface area contributed by atoms with Crippen LogP contribution >= 0.6 is 12.3 Å². The second kappa shape index (κ2) is 38.5. The second-order valence-electron chi connectivity index (χ2n) is 0.0745. The summed E-state index contributed by atoms with van der Waals surface area (Å²) in [6.07, 6.45) is 0. The normalized spacial score (nSPS) is 3.67. The summed E-state index contributed by atoms with van der Waals surface area (Å²) >= 11 is -0.500. The van der Waals surface area contributed by atoms with Crippen molar-refractivity contribution in [2.24, 2.45) is 0 Å². The predicted molar refractivity (Wildman–Crippen MR) is 18.1 cm³/mol. The van der Waals surface area contributed by atoms with Gasteiger partial charge in [-0.05, 0) is 0 Å². The van der Waals surface area contributed by atoms with Gasteiger partial charge in [0.05, 0.1) is 0 Å². The maximum absolute atomic E-state index is 8.40. The quantitative estimate of drug-likeness (QED) is 0.274. The molecule has 0 saturated carbocycles. The smallest absolute Gasteiger partial charge is 0.776 e. The summed E-state index contributed by atoms with van der Waals surface area (Å²) in [5, 5.41) is 0. The summed E-state index contributed by atoms with van der Waals surface area (Å²) < 4.78 is 15.3. The molecule has 0 fully saturated rings. The monoisotopic (exact) mass is 118 g/mol. The molecule has 0 atom stereocenters. The number of carbonyl (C=O) groups excluding carboxylic acids is 1. The van der Waals surface area contributed by atoms with E-state index in [4.69, 9.17) is 13.9 Å². The molecular weight excluding hydrogens is 115 g/mol. The van der Waals surface area contributed by atoms with Gasteiger partial charge in [0, 0.05) is 0 Å². The minimum atomic E-state index is -0.500. The number of hydrogen-bond acceptors (Lipinski definition) is 4. The molecule has 0 aromatic carbocycles. The van der Waals surface area contributed by atoms with E-state index in [9.17, 15) is 0 Å². The Kier molecular flexibility index (Phi) is 101. The molecule has 0 spiro atoms. The summed E-state index contributed by atoms with van der Waals surface area (Å²) in [7, 11) is 0.